The van der Waals surface area contributed by atoms with Gasteiger partial charge in [-0.2, -0.15) is 0 Å². The molecule has 178 valence electrons. The maximum absolute atomic E-state index is 13.4. The Labute approximate surface area is 206 Å². The normalized spacial score (nSPS) is 17.6. The van der Waals surface area contributed by atoms with E-state index in [4.69, 9.17) is 19.2 Å². The Morgan fingerprint density at radius 1 is 1.09 bits per heavy atom. The largest absolute Gasteiger partial charge is 0.497 e. The lowest BCUT2D eigenvalue weighted by Crippen LogP contribution is -2.33. The molecule has 1 fully saturated rings. The van der Waals surface area contributed by atoms with Gasteiger partial charge in [-0.3, -0.25) is 14.5 Å². The Balaban J connectivity index is 1.34. The number of nitrogens with one attached hydrogen (secondary N) is 1. The first-order valence-corrected chi connectivity index (χ1v) is 11.9. The number of rotatable bonds is 7. The molecule has 2 heterocycles. The van der Waals surface area contributed by atoms with Gasteiger partial charge in [0.15, 0.2) is 16.7 Å². The first kappa shape index (κ1) is 22.8. The van der Waals surface area contributed by atoms with Crippen molar-refractivity contribution >= 4 is 40.1 Å². The summed E-state index contributed by atoms with van der Waals surface area (Å²) in [5.74, 6) is 1.63. The number of para-hydroxylation sites is 1. The molecule has 5 rings (SSSR count). The van der Waals surface area contributed by atoms with Crippen molar-refractivity contribution in [3.05, 3.63) is 78.4 Å². The molecule has 1 N–H and O–H groups in total. The Kier molecular flexibility index (Phi) is 6.58. The highest BCUT2D eigenvalue weighted by molar-refractivity contribution is 8.15. The van der Waals surface area contributed by atoms with Crippen LogP contribution in [0.5, 0.6) is 17.2 Å². The van der Waals surface area contributed by atoms with Crippen LogP contribution in [0, 0.1) is 0 Å². The minimum Gasteiger partial charge on any atom is -0.497 e. The number of carbonyl (C=O) groups is 2. The lowest BCUT2D eigenvalue weighted by Gasteiger charge is -2.17. The van der Waals surface area contributed by atoms with Crippen LogP contribution in [0.1, 0.15) is 12.0 Å². The summed E-state index contributed by atoms with van der Waals surface area (Å²) >= 11 is 1.30. The maximum Gasteiger partial charge on any atom is 0.242 e. The van der Waals surface area contributed by atoms with E-state index in [0.29, 0.717) is 34.6 Å². The molecule has 2 aliphatic rings. The van der Waals surface area contributed by atoms with E-state index in [0.717, 1.165) is 11.3 Å². The average molecular weight is 490 g/mol. The van der Waals surface area contributed by atoms with Gasteiger partial charge in [0.2, 0.25) is 18.6 Å². The zero-order valence-corrected chi connectivity index (χ0v) is 19.8. The minimum absolute atomic E-state index is 0.0287. The fourth-order valence-electron chi connectivity index (χ4n) is 3.76. The lowest BCUT2D eigenvalue weighted by molar-refractivity contribution is -0.128. The summed E-state index contributed by atoms with van der Waals surface area (Å²) < 4.78 is 16.0. The SMILES string of the molecule is COc1ccc(NC(=O)C[C@@H]2SC(=Nc3ccccc3)N(Cc3ccc4c(c3)OCO4)C2=O)cc1. The molecule has 0 aliphatic carbocycles. The lowest BCUT2D eigenvalue weighted by atomic mass is 10.1. The zero-order valence-electron chi connectivity index (χ0n) is 19.0. The van der Waals surface area contributed by atoms with Crippen molar-refractivity contribution in [3.8, 4) is 17.2 Å². The first-order chi connectivity index (χ1) is 17.1. The smallest absolute Gasteiger partial charge is 0.242 e. The third-order valence-corrected chi connectivity index (χ3v) is 6.70. The monoisotopic (exact) mass is 489 g/mol. The molecule has 0 radical (unpaired) electrons. The number of hydrogen-bond donors (Lipinski definition) is 1. The number of anilines is 1. The zero-order chi connectivity index (χ0) is 24.2. The van der Waals surface area contributed by atoms with E-state index in [1.54, 1.807) is 36.3 Å². The van der Waals surface area contributed by atoms with Gasteiger partial charge >= 0.3 is 0 Å². The van der Waals surface area contributed by atoms with E-state index < -0.39 is 5.25 Å². The van der Waals surface area contributed by atoms with Gasteiger partial charge in [0.05, 0.1) is 19.3 Å². The van der Waals surface area contributed by atoms with Crippen LogP contribution in [0.3, 0.4) is 0 Å². The Morgan fingerprint density at radius 3 is 2.63 bits per heavy atom. The van der Waals surface area contributed by atoms with Crippen molar-refractivity contribution < 1.29 is 23.8 Å². The van der Waals surface area contributed by atoms with E-state index in [1.807, 2.05) is 48.5 Å². The highest BCUT2D eigenvalue weighted by atomic mass is 32.2. The van der Waals surface area contributed by atoms with Crippen LogP contribution in [-0.4, -0.2) is 41.0 Å². The number of aliphatic imine (C=N–C) groups is 1. The van der Waals surface area contributed by atoms with E-state index in [-0.39, 0.29) is 25.0 Å². The highest BCUT2D eigenvalue weighted by Gasteiger charge is 2.39. The van der Waals surface area contributed by atoms with Crippen LogP contribution in [0.15, 0.2) is 77.8 Å². The molecule has 0 bridgehead atoms. The molecule has 1 saturated heterocycles. The molecular formula is C26H23N3O5S. The summed E-state index contributed by atoms with van der Waals surface area (Å²) in [6.45, 7) is 0.494. The van der Waals surface area contributed by atoms with Gasteiger partial charge in [0, 0.05) is 12.1 Å². The van der Waals surface area contributed by atoms with Crippen molar-refractivity contribution in [2.45, 2.75) is 18.2 Å². The van der Waals surface area contributed by atoms with Crippen molar-refractivity contribution in [2.75, 3.05) is 19.2 Å². The predicted octanol–water partition coefficient (Wildman–Crippen LogP) is 4.58. The Morgan fingerprint density at radius 2 is 1.86 bits per heavy atom. The molecule has 3 aromatic carbocycles. The topological polar surface area (TPSA) is 89.5 Å². The molecule has 0 spiro atoms. The fourth-order valence-corrected chi connectivity index (χ4v) is 4.92. The number of hydrogen-bond acceptors (Lipinski definition) is 7. The Bertz CT molecular complexity index is 1260. The fraction of sp³-hybridized carbons (Fsp3) is 0.192. The molecular weight excluding hydrogens is 466 g/mol. The second kappa shape index (κ2) is 10.1. The van der Waals surface area contributed by atoms with Crippen LogP contribution in [-0.2, 0) is 16.1 Å². The second-order valence-electron chi connectivity index (χ2n) is 7.93. The molecule has 8 nitrogen and oxygen atoms in total. The van der Waals surface area contributed by atoms with Crippen molar-refractivity contribution in [1.29, 1.82) is 0 Å². The summed E-state index contributed by atoms with van der Waals surface area (Å²) in [4.78, 5) is 32.4. The standard InChI is InChI=1S/C26H23N3O5S/c1-32-20-10-8-19(9-11-20)27-24(30)14-23-25(31)29(26(35-23)28-18-5-3-2-4-6-18)15-17-7-12-21-22(13-17)34-16-33-21/h2-13,23H,14-16H2,1H3,(H,27,30)/t23-/m0/s1. The van der Waals surface area contributed by atoms with Crippen molar-refractivity contribution in [2.24, 2.45) is 4.99 Å². The van der Waals surface area contributed by atoms with Gasteiger partial charge in [-0.05, 0) is 54.1 Å². The van der Waals surface area contributed by atoms with Gasteiger partial charge in [-0.1, -0.05) is 36.0 Å². The van der Waals surface area contributed by atoms with E-state index >= 15 is 0 Å². The van der Waals surface area contributed by atoms with Crippen molar-refractivity contribution in [1.82, 2.24) is 4.90 Å². The summed E-state index contributed by atoms with van der Waals surface area (Å²) in [5, 5.41) is 2.83. The highest BCUT2D eigenvalue weighted by Crippen LogP contribution is 2.36. The quantitative estimate of drug-likeness (QED) is 0.522. The van der Waals surface area contributed by atoms with Crippen LogP contribution in [0.25, 0.3) is 0 Å². The van der Waals surface area contributed by atoms with Crippen LogP contribution in [0.4, 0.5) is 11.4 Å². The number of nitrogens with zero attached hydrogens (tertiary/aromatic N) is 2. The van der Waals surface area contributed by atoms with Gasteiger partial charge in [-0.15, -0.1) is 0 Å². The predicted molar refractivity (Wildman–Crippen MR) is 134 cm³/mol. The number of thioether (sulfide) groups is 1. The third-order valence-electron chi connectivity index (χ3n) is 5.52. The molecule has 2 amide bonds. The number of methoxy groups -OCH3 is 1. The minimum atomic E-state index is -0.579. The van der Waals surface area contributed by atoms with Gasteiger partial charge in [0.25, 0.3) is 0 Å². The van der Waals surface area contributed by atoms with Crippen LogP contribution < -0.4 is 19.5 Å². The number of benzene rings is 3. The molecule has 35 heavy (non-hydrogen) atoms. The molecule has 3 aromatic rings. The Hall–Kier alpha value is -3.98. The van der Waals surface area contributed by atoms with Crippen molar-refractivity contribution in [3.63, 3.8) is 0 Å². The van der Waals surface area contributed by atoms with Gasteiger partial charge in [0.1, 0.15) is 11.0 Å². The molecule has 0 saturated carbocycles. The van der Waals surface area contributed by atoms with Crippen LogP contribution >= 0.6 is 11.8 Å². The molecule has 0 aromatic heterocycles. The molecule has 0 unspecified atom stereocenters. The first-order valence-electron chi connectivity index (χ1n) is 11.0. The number of amidine groups is 1. The maximum atomic E-state index is 13.4. The summed E-state index contributed by atoms with van der Waals surface area (Å²) in [6.07, 6.45) is 0.0287. The summed E-state index contributed by atoms with van der Waals surface area (Å²) in [7, 11) is 1.58. The number of amides is 2. The summed E-state index contributed by atoms with van der Waals surface area (Å²) in [5.41, 5.74) is 2.26. The van der Waals surface area contributed by atoms with E-state index in [9.17, 15) is 9.59 Å². The van der Waals surface area contributed by atoms with Gasteiger partial charge in [-0.25, -0.2) is 4.99 Å². The number of fused-ring (bicyclic) bond motifs is 1. The number of carbonyl (C=O) groups excluding carboxylic acids is 2. The number of ether oxygens (including phenoxy) is 3. The van der Waals surface area contributed by atoms with E-state index in [2.05, 4.69) is 5.32 Å². The van der Waals surface area contributed by atoms with Gasteiger partial charge < -0.3 is 19.5 Å². The molecule has 9 heteroatoms. The van der Waals surface area contributed by atoms with Crippen LogP contribution in [0.2, 0.25) is 0 Å². The molecule has 2 aliphatic heterocycles. The third kappa shape index (κ3) is 5.25. The summed E-state index contributed by atoms with van der Waals surface area (Å²) in [6, 6.07) is 22.1. The second-order valence-corrected chi connectivity index (χ2v) is 9.10. The molecule has 1 atom stereocenters. The van der Waals surface area contributed by atoms with E-state index in [1.165, 1.54) is 11.8 Å². The average Bonchev–Trinajstić information content (AvgIpc) is 3.45.